The van der Waals surface area contributed by atoms with Gasteiger partial charge in [0.2, 0.25) is 0 Å². The fourth-order valence-electron chi connectivity index (χ4n) is 2.39. The Kier molecular flexibility index (Phi) is 5.18. The van der Waals surface area contributed by atoms with Crippen LogP contribution in [-0.4, -0.2) is 19.4 Å². The maximum absolute atomic E-state index is 12.3. The van der Waals surface area contributed by atoms with Gasteiger partial charge in [0.25, 0.3) is 0 Å². The van der Waals surface area contributed by atoms with E-state index in [4.69, 9.17) is 0 Å². The minimum atomic E-state index is 0.165. The minimum Gasteiger partial charge on any atom is -0.374 e. The van der Waals surface area contributed by atoms with Crippen molar-refractivity contribution in [2.24, 2.45) is 0 Å². The van der Waals surface area contributed by atoms with E-state index < -0.39 is 0 Å². The first kappa shape index (κ1) is 15.8. The van der Waals surface area contributed by atoms with Gasteiger partial charge in [-0.25, -0.2) is 0 Å². The van der Waals surface area contributed by atoms with Gasteiger partial charge < -0.3 is 4.90 Å². The molecular weight excluding hydrogens is 326 g/mol. The largest absolute Gasteiger partial charge is 0.374 e. The summed E-state index contributed by atoms with van der Waals surface area (Å²) in [4.78, 5) is 14.4. The Balaban J connectivity index is 2.02. The van der Waals surface area contributed by atoms with E-state index in [1.54, 1.807) is 0 Å². The molecule has 0 aliphatic carbocycles. The standard InChI is InChI=1S/C18H20BrNO/c1-13-10-14(2)12-15(11-13)20(3)9-8-18(21)16-6-4-5-7-17(16)19/h4-7,10-12H,8-9H2,1-3H3. The van der Waals surface area contributed by atoms with Gasteiger partial charge in [-0.3, -0.25) is 4.79 Å². The molecule has 110 valence electrons. The zero-order valence-corrected chi connectivity index (χ0v) is 14.3. The van der Waals surface area contributed by atoms with Crippen molar-refractivity contribution in [3.05, 3.63) is 63.6 Å². The quantitative estimate of drug-likeness (QED) is 0.727. The molecule has 0 aliphatic rings. The van der Waals surface area contributed by atoms with Crippen LogP contribution in [0.15, 0.2) is 46.9 Å². The van der Waals surface area contributed by atoms with Crippen LogP contribution in [-0.2, 0) is 0 Å². The van der Waals surface area contributed by atoms with Gasteiger partial charge in [0.15, 0.2) is 5.78 Å². The van der Waals surface area contributed by atoms with E-state index in [2.05, 4.69) is 52.9 Å². The maximum Gasteiger partial charge on any atom is 0.165 e. The number of nitrogens with zero attached hydrogens (tertiary/aromatic N) is 1. The molecule has 2 aromatic rings. The van der Waals surface area contributed by atoms with E-state index in [9.17, 15) is 4.79 Å². The Morgan fingerprint density at radius 3 is 2.33 bits per heavy atom. The monoisotopic (exact) mass is 345 g/mol. The molecule has 0 atom stereocenters. The van der Waals surface area contributed by atoms with Gasteiger partial charge in [-0.15, -0.1) is 0 Å². The summed E-state index contributed by atoms with van der Waals surface area (Å²) in [5, 5.41) is 0. The molecule has 0 bridgehead atoms. The summed E-state index contributed by atoms with van der Waals surface area (Å²) in [6.07, 6.45) is 0.506. The third-order valence-electron chi connectivity index (χ3n) is 3.50. The van der Waals surface area contributed by atoms with E-state index >= 15 is 0 Å². The van der Waals surface area contributed by atoms with Gasteiger partial charge in [0, 0.05) is 35.7 Å². The number of hydrogen-bond donors (Lipinski definition) is 0. The fraction of sp³-hybridized carbons (Fsp3) is 0.278. The number of benzene rings is 2. The van der Waals surface area contributed by atoms with Gasteiger partial charge in [-0.05, 0) is 43.2 Å². The number of anilines is 1. The molecule has 2 aromatic carbocycles. The molecule has 0 fully saturated rings. The molecule has 0 aliphatic heterocycles. The smallest absolute Gasteiger partial charge is 0.165 e. The van der Waals surface area contributed by atoms with Gasteiger partial charge >= 0.3 is 0 Å². The lowest BCUT2D eigenvalue weighted by Gasteiger charge is -2.20. The number of rotatable bonds is 5. The van der Waals surface area contributed by atoms with Gasteiger partial charge in [-0.2, -0.15) is 0 Å². The predicted molar refractivity (Wildman–Crippen MR) is 92.3 cm³/mol. The van der Waals surface area contributed by atoms with Crippen LogP contribution in [0.4, 0.5) is 5.69 Å². The van der Waals surface area contributed by atoms with Gasteiger partial charge in [0.05, 0.1) is 0 Å². The molecule has 0 radical (unpaired) electrons. The molecule has 0 N–H and O–H groups in total. The van der Waals surface area contributed by atoms with E-state index in [-0.39, 0.29) is 5.78 Å². The van der Waals surface area contributed by atoms with Crippen molar-refractivity contribution in [1.82, 2.24) is 0 Å². The lowest BCUT2D eigenvalue weighted by atomic mass is 10.1. The van der Waals surface area contributed by atoms with Crippen molar-refractivity contribution >= 4 is 27.4 Å². The molecule has 3 heteroatoms. The predicted octanol–water partition coefficient (Wildman–Crippen LogP) is 4.78. The highest BCUT2D eigenvalue weighted by molar-refractivity contribution is 9.10. The Labute approximate surface area is 134 Å². The van der Waals surface area contributed by atoms with Crippen molar-refractivity contribution < 1.29 is 4.79 Å². The topological polar surface area (TPSA) is 20.3 Å². The minimum absolute atomic E-state index is 0.165. The maximum atomic E-state index is 12.3. The molecule has 2 nitrogen and oxygen atoms in total. The summed E-state index contributed by atoms with van der Waals surface area (Å²) in [5.41, 5.74) is 4.40. The number of hydrogen-bond acceptors (Lipinski definition) is 2. The van der Waals surface area contributed by atoms with Crippen LogP contribution in [0, 0.1) is 13.8 Å². The Morgan fingerprint density at radius 2 is 1.71 bits per heavy atom. The van der Waals surface area contributed by atoms with Gasteiger partial charge in [-0.1, -0.05) is 40.2 Å². The third kappa shape index (κ3) is 4.18. The molecule has 0 heterocycles. The molecular formula is C18H20BrNO. The summed E-state index contributed by atoms with van der Waals surface area (Å²) in [6.45, 7) is 4.90. The highest BCUT2D eigenvalue weighted by Gasteiger charge is 2.11. The van der Waals surface area contributed by atoms with Crippen LogP contribution in [0.1, 0.15) is 27.9 Å². The summed E-state index contributed by atoms with van der Waals surface area (Å²) in [6, 6.07) is 14.0. The normalized spacial score (nSPS) is 10.5. The molecule has 21 heavy (non-hydrogen) atoms. The van der Waals surface area contributed by atoms with Crippen LogP contribution in [0.3, 0.4) is 0 Å². The van der Waals surface area contributed by atoms with Crippen molar-refractivity contribution in [3.8, 4) is 0 Å². The number of aryl methyl sites for hydroxylation is 2. The molecule has 0 saturated carbocycles. The first-order chi connectivity index (χ1) is 9.97. The van der Waals surface area contributed by atoms with E-state index in [0.29, 0.717) is 13.0 Å². The molecule has 0 saturated heterocycles. The second kappa shape index (κ2) is 6.90. The Hall–Kier alpha value is -1.61. The van der Waals surface area contributed by atoms with Crippen LogP contribution >= 0.6 is 15.9 Å². The number of carbonyl (C=O) groups is 1. The lowest BCUT2D eigenvalue weighted by molar-refractivity contribution is 0.0984. The van der Waals surface area contributed by atoms with Crippen LogP contribution in [0.2, 0.25) is 0 Å². The Bertz CT molecular complexity index is 631. The van der Waals surface area contributed by atoms with Crippen molar-refractivity contribution in [1.29, 1.82) is 0 Å². The lowest BCUT2D eigenvalue weighted by Crippen LogP contribution is -2.21. The SMILES string of the molecule is Cc1cc(C)cc(N(C)CCC(=O)c2ccccc2Br)c1. The van der Waals surface area contributed by atoms with Crippen molar-refractivity contribution in [2.45, 2.75) is 20.3 Å². The summed E-state index contributed by atoms with van der Waals surface area (Å²) >= 11 is 3.43. The summed E-state index contributed by atoms with van der Waals surface area (Å²) in [5.74, 6) is 0.165. The number of ketones is 1. The highest BCUT2D eigenvalue weighted by atomic mass is 79.9. The molecule has 0 aromatic heterocycles. The van der Waals surface area contributed by atoms with Crippen LogP contribution < -0.4 is 4.90 Å². The fourth-order valence-corrected chi connectivity index (χ4v) is 2.90. The summed E-state index contributed by atoms with van der Waals surface area (Å²) < 4.78 is 0.865. The second-order valence-corrected chi connectivity index (χ2v) is 6.27. The number of Topliss-reactive ketones (excluding diaryl/α,β-unsaturated/α-hetero) is 1. The average Bonchev–Trinajstić information content (AvgIpc) is 2.43. The van der Waals surface area contributed by atoms with Gasteiger partial charge in [0.1, 0.15) is 0 Å². The zero-order chi connectivity index (χ0) is 15.4. The number of carbonyl (C=O) groups excluding carboxylic acids is 1. The summed E-state index contributed by atoms with van der Waals surface area (Å²) in [7, 11) is 2.03. The third-order valence-corrected chi connectivity index (χ3v) is 4.19. The molecule has 2 rings (SSSR count). The average molecular weight is 346 g/mol. The van der Waals surface area contributed by atoms with E-state index in [0.717, 1.165) is 15.7 Å². The van der Waals surface area contributed by atoms with Crippen LogP contribution in [0.25, 0.3) is 0 Å². The van der Waals surface area contributed by atoms with Crippen LogP contribution in [0.5, 0.6) is 0 Å². The highest BCUT2D eigenvalue weighted by Crippen LogP contribution is 2.20. The van der Waals surface area contributed by atoms with E-state index in [1.165, 1.54) is 11.1 Å². The first-order valence-electron chi connectivity index (χ1n) is 7.04. The van der Waals surface area contributed by atoms with Crippen molar-refractivity contribution in [3.63, 3.8) is 0 Å². The Morgan fingerprint density at radius 1 is 1.10 bits per heavy atom. The van der Waals surface area contributed by atoms with E-state index in [1.807, 2.05) is 31.3 Å². The zero-order valence-electron chi connectivity index (χ0n) is 12.7. The molecule has 0 spiro atoms. The first-order valence-corrected chi connectivity index (χ1v) is 7.84. The molecule has 0 amide bonds. The second-order valence-electron chi connectivity index (χ2n) is 5.42. The molecule has 0 unspecified atom stereocenters. The number of halogens is 1. The van der Waals surface area contributed by atoms with Crippen molar-refractivity contribution in [2.75, 3.05) is 18.5 Å².